The molecule has 0 atom stereocenters. The molecule has 6 heteroatoms. The zero-order valence-electron chi connectivity index (χ0n) is 10.8. The number of nitrogens with zero attached hydrogens (tertiary/aromatic N) is 1. The van der Waals surface area contributed by atoms with Gasteiger partial charge in [-0.25, -0.2) is 9.82 Å². The molecule has 0 spiro atoms. The third-order valence-corrected chi connectivity index (χ3v) is 2.33. The van der Waals surface area contributed by atoms with Crippen molar-refractivity contribution in [2.75, 3.05) is 6.61 Å². The lowest BCUT2D eigenvalue weighted by molar-refractivity contribution is -0.123. The second-order valence-corrected chi connectivity index (χ2v) is 3.98. The average Bonchev–Trinajstić information content (AvgIpc) is 2.84. The zero-order valence-corrected chi connectivity index (χ0v) is 10.8. The van der Waals surface area contributed by atoms with Crippen LogP contribution in [0.4, 0.5) is 4.39 Å². The number of hydrazone groups is 1. The average molecular weight is 276 g/mol. The highest BCUT2D eigenvalue weighted by Crippen LogP contribution is 2.10. The third-order valence-electron chi connectivity index (χ3n) is 2.33. The summed E-state index contributed by atoms with van der Waals surface area (Å²) in [6, 6.07) is 8.92. The lowest BCUT2D eigenvalue weighted by Gasteiger charge is -2.04. The van der Waals surface area contributed by atoms with Gasteiger partial charge in [0.15, 0.2) is 6.61 Å². The van der Waals surface area contributed by atoms with Gasteiger partial charge in [0.2, 0.25) is 0 Å². The lowest BCUT2D eigenvalue weighted by Crippen LogP contribution is -2.24. The Balaban J connectivity index is 1.75. The minimum atomic E-state index is -0.422. The first-order chi connectivity index (χ1) is 9.63. The molecule has 0 aliphatic rings. The maximum atomic E-state index is 12.7. The minimum absolute atomic E-state index is 0.208. The SMILES string of the molecule is Cc1ccc(C=NNC(=O)COc2ccc(F)cc2)o1. The fraction of sp³-hybridized carbons (Fsp3) is 0.143. The number of nitrogens with one attached hydrogen (secondary N) is 1. The van der Waals surface area contributed by atoms with Gasteiger partial charge in [0.05, 0.1) is 6.21 Å². The summed E-state index contributed by atoms with van der Waals surface area (Å²) in [5.41, 5.74) is 2.29. The molecule has 0 aliphatic carbocycles. The van der Waals surface area contributed by atoms with Crippen molar-refractivity contribution in [3.8, 4) is 5.75 Å². The first-order valence-corrected chi connectivity index (χ1v) is 5.90. The van der Waals surface area contributed by atoms with E-state index in [0.717, 1.165) is 5.76 Å². The predicted molar refractivity (Wildman–Crippen MR) is 71.1 cm³/mol. The highest BCUT2D eigenvalue weighted by atomic mass is 19.1. The molecule has 104 valence electrons. The van der Waals surface area contributed by atoms with Crippen molar-refractivity contribution in [1.29, 1.82) is 0 Å². The summed E-state index contributed by atoms with van der Waals surface area (Å²) < 4.78 is 23.0. The van der Waals surface area contributed by atoms with Crippen LogP contribution in [0.25, 0.3) is 0 Å². The monoisotopic (exact) mass is 276 g/mol. The molecule has 1 aromatic carbocycles. The third kappa shape index (κ3) is 4.24. The molecule has 1 heterocycles. The predicted octanol–water partition coefficient (Wildman–Crippen LogP) is 2.26. The van der Waals surface area contributed by atoms with Gasteiger partial charge >= 0.3 is 0 Å². The topological polar surface area (TPSA) is 63.8 Å². The minimum Gasteiger partial charge on any atom is -0.484 e. The highest BCUT2D eigenvalue weighted by molar-refractivity contribution is 5.81. The lowest BCUT2D eigenvalue weighted by atomic mass is 10.3. The summed E-state index contributed by atoms with van der Waals surface area (Å²) in [6.07, 6.45) is 1.39. The highest BCUT2D eigenvalue weighted by Gasteiger charge is 2.01. The number of furan rings is 1. The molecule has 0 radical (unpaired) electrons. The van der Waals surface area contributed by atoms with Gasteiger partial charge in [-0.15, -0.1) is 0 Å². The molecule has 2 rings (SSSR count). The van der Waals surface area contributed by atoms with E-state index in [1.54, 1.807) is 12.1 Å². The molecule has 5 nitrogen and oxygen atoms in total. The second-order valence-electron chi connectivity index (χ2n) is 3.98. The van der Waals surface area contributed by atoms with Crippen molar-refractivity contribution in [2.24, 2.45) is 5.10 Å². The van der Waals surface area contributed by atoms with E-state index < -0.39 is 5.91 Å². The van der Waals surface area contributed by atoms with Crippen LogP contribution in [0, 0.1) is 12.7 Å². The summed E-state index contributed by atoms with van der Waals surface area (Å²) in [5.74, 6) is 0.931. The van der Waals surface area contributed by atoms with E-state index in [1.807, 2.05) is 6.92 Å². The van der Waals surface area contributed by atoms with E-state index in [2.05, 4.69) is 10.5 Å². The van der Waals surface area contributed by atoms with Crippen molar-refractivity contribution in [1.82, 2.24) is 5.43 Å². The molecular formula is C14H13FN2O3. The number of aryl methyl sites for hydroxylation is 1. The van der Waals surface area contributed by atoms with E-state index in [4.69, 9.17) is 9.15 Å². The van der Waals surface area contributed by atoms with Gasteiger partial charge in [0.25, 0.3) is 5.91 Å². The molecule has 1 aromatic heterocycles. The molecule has 0 aliphatic heterocycles. The molecule has 0 fully saturated rings. The number of carbonyl (C=O) groups is 1. The fourth-order valence-electron chi connectivity index (χ4n) is 1.40. The van der Waals surface area contributed by atoms with Crippen molar-refractivity contribution in [2.45, 2.75) is 6.92 Å². The van der Waals surface area contributed by atoms with Gasteiger partial charge in [-0.05, 0) is 43.3 Å². The number of amides is 1. The normalized spacial score (nSPS) is 10.7. The second kappa shape index (κ2) is 6.51. The molecule has 2 aromatic rings. The Labute approximate surface area is 115 Å². The summed E-state index contributed by atoms with van der Waals surface area (Å²) in [5, 5.41) is 3.72. The van der Waals surface area contributed by atoms with Crippen molar-refractivity contribution in [3.05, 3.63) is 53.7 Å². The van der Waals surface area contributed by atoms with Crippen LogP contribution >= 0.6 is 0 Å². The number of halogens is 1. The van der Waals surface area contributed by atoms with E-state index in [0.29, 0.717) is 11.5 Å². The Morgan fingerprint density at radius 2 is 2.10 bits per heavy atom. The molecule has 0 unspecified atom stereocenters. The van der Waals surface area contributed by atoms with Crippen LogP contribution in [-0.4, -0.2) is 18.7 Å². The van der Waals surface area contributed by atoms with Crippen LogP contribution < -0.4 is 10.2 Å². The van der Waals surface area contributed by atoms with Crippen molar-refractivity contribution >= 4 is 12.1 Å². The van der Waals surface area contributed by atoms with E-state index in [1.165, 1.54) is 30.5 Å². The van der Waals surface area contributed by atoms with E-state index in [9.17, 15) is 9.18 Å². The first-order valence-electron chi connectivity index (χ1n) is 5.90. The fourth-order valence-corrected chi connectivity index (χ4v) is 1.40. The Hall–Kier alpha value is -2.63. The number of hydrogen-bond acceptors (Lipinski definition) is 4. The maximum absolute atomic E-state index is 12.7. The Bertz CT molecular complexity index is 605. The molecule has 0 saturated heterocycles. The quantitative estimate of drug-likeness (QED) is 0.673. The van der Waals surface area contributed by atoms with Crippen LogP contribution in [-0.2, 0) is 4.79 Å². The molecule has 1 amide bonds. The van der Waals surface area contributed by atoms with Crippen LogP contribution in [0.2, 0.25) is 0 Å². The van der Waals surface area contributed by atoms with Gasteiger partial charge < -0.3 is 9.15 Å². The van der Waals surface area contributed by atoms with Gasteiger partial charge in [0.1, 0.15) is 23.1 Å². The molecular weight excluding hydrogens is 263 g/mol. The van der Waals surface area contributed by atoms with Crippen LogP contribution in [0.15, 0.2) is 45.9 Å². The largest absolute Gasteiger partial charge is 0.484 e. The first kappa shape index (κ1) is 13.8. The summed E-state index contributed by atoms with van der Waals surface area (Å²) in [4.78, 5) is 11.4. The molecule has 1 N–H and O–H groups in total. The number of ether oxygens (including phenoxy) is 1. The summed E-state index contributed by atoms with van der Waals surface area (Å²) in [7, 11) is 0. The molecule has 0 bridgehead atoms. The van der Waals surface area contributed by atoms with Crippen LogP contribution in [0.1, 0.15) is 11.5 Å². The molecule has 20 heavy (non-hydrogen) atoms. The van der Waals surface area contributed by atoms with Gasteiger partial charge in [-0.1, -0.05) is 0 Å². The number of benzene rings is 1. The molecule has 0 saturated carbocycles. The number of rotatable bonds is 5. The number of carbonyl (C=O) groups excluding carboxylic acids is 1. The summed E-state index contributed by atoms with van der Waals surface area (Å²) in [6.45, 7) is 1.60. The van der Waals surface area contributed by atoms with Crippen molar-refractivity contribution in [3.63, 3.8) is 0 Å². The zero-order chi connectivity index (χ0) is 14.4. The van der Waals surface area contributed by atoms with E-state index in [-0.39, 0.29) is 12.4 Å². The Kier molecular flexibility index (Phi) is 4.49. The maximum Gasteiger partial charge on any atom is 0.277 e. The van der Waals surface area contributed by atoms with Crippen molar-refractivity contribution < 1.29 is 18.3 Å². The van der Waals surface area contributed by atoms with Crippen LogP contribution in [0.3, 0.4) is 0 Å². The van der Waals surface area contributed by atoms with Gasteiger partial charge in [-0.2, -0.15) is 5.10 Å². The smallest absolute Gasteiger partial charge is 0.277 e. The van der Waals surface area contributed by atoms with E-state index >= 15 is 0 Å². The van der Waals surface area contributed by atoms with Gasteiger partial charge in [-0.3, -0.25) is 4.79 Å². The summed E-state index contributed by atoms with van der Waals surface area (Å²) >= 11 is 0. The Morgan fingerprint density at radius 1 is 1.35 bits per heavy atom. The van der Waals surface area contributed by atoms with Crippen LogP contribution in [0.5, 0.6) is 5.75 Å². The standard InChI is InChI=1S/C14H13FN2O3/c1-10-2-5-13(20-10)8-16-17-14(18)9-19-12-6-3-11(15)4-7-12/h2-8H,9H2,1H3,(H,17,18). The van der Waals surface area contributed by atoms with Gasteiger partial charge in [0, 0.05) is 0 Å². The number of hydrogen-bond donors (Lipinski definition) is 1. The Morgan fingerprint density at radius 3 is 2.75 bits per heavy atom.